The maximum atomic E-state index is 11.4. The molecule has 0 aromatic carbocycles. The third kappa shape index (κ3) is 5.27. The lowest BCUT2D eigenvalue weighted by atomic mass is 10.3. The van der Waals surface area contributed by atoms with E-state index in [-0.39, 0.29) is 12.4 Å². The van der Waals surface area contributed by atoms with Gasteiger partial charge in [0, 0.05) is 13.5 Å². The topological polar surface area (TPSA) is 65.2 Å². The maximum absolute atomic E-state index is 11.4. The summed E-state index contributed by atoms with van der Waals surface area (Å²) >= 11 is 1.34. The van der Waals surface area contributed by atoms with E-state index in [1.54, 1.807) is 5.38 Å². The number of thiazole rings is 1. The van der Waals surface area contributed by atoms with Crippen LogP contribution in [0.25, 0.3) is 0 Å². The van der Waals surface area contributed by atoms with Crippen LogP contribution < -0.4 is 5.73 Å². The van der Waals surface area contributed by atoms with Crippen LogP contribution in [0.2, 0.25) is 25.7 Å². The number of carbonyl (C=O) groups is 1. The molecular weight excluding hydrogens is 240 g/mol. The number of hydrogen-bond acceptors (Lipinski definition) is 5. The van der Waals surface area contributed by atoms with Crippen molar-refractivity contribution in [2.24, 2.45) is 0 Å². The van der Waals surface area contributed by atoms with Crippen LogP contribution >= 0.6 is 11.3 Å². The molecule has 90 valence electrons. The average Bonchev–Trinajstić information content (AvgIpc) is 2.48. The monoisotopic (exact) mass is 258 g/mol. The molecule has 0 fully saturated rings. The minimum absolute atomic E-state index is 0.219. The van der Waals surface area contributed by atoms with Crippen molar-refractivity contribution in [2.45, 2.75) is 32.1 Å². The molecule has 16 heavy (non-hydrogen) atoms. The van der Waals surface area contributed by atoms with E-state index in [2.05, 4.69) is 24.6 Å². The van der Waals surface area contributed by atoms with Gasteiger partial charge in [0.25, 0.3) is 0 Å². The number of rotatable bonds is 5. The Morgan fingerprint density at radius 2 is 2.25 bits per heavy atom. The van der Waals surface area contributed by atoms with Gasteiger partial charge in [-0.2, -0.15) is 0 Å². The second-order valence-corrected chi connectivity index (χ2v) is 11.4. The van der Waals surface area contributed by atoms with Crippen LogP contribution in [-0.4, -0.2) is 25.6 Å². The summed E-state index contributed by atoms with van der Waals surface area (Å²) in [6.07, 6.45) is 0.222. The van der Waals surface area contributed by atoms with Crippen LogP contribution in [0.15, 0.2) is 5.38 Å². The van der Waals surface area contributed by atoms with E-state index in [0.717, 1.165) is 6.04 Å². The predicted molar refractivity (Wildman–Crippen MR) is 69.3 cm³/mol. The molecule has 1 aromatic heterocycles. The van der Waals surface area contributed by atoms with Crippen molar-refractivity contribution >= 4 is 30.5 Å². The summed E-state index contributed by atoms with van der Waals surface area (Å²) in [5.41, 5.74) is 6.17. The first-order chi connectivity index (χ1) is 7.37. The van der Waals surface area contributed by atoms with E-state index < -0.39 is 8.07 Å². The Labute approximate surface area is 101 Å². The molecule has 6 heteroatoms. The predicted octanol–water partition coefficient (Wildman–Crippen LogP) is 2.15. The van der Waals surface area contributed by atoms with Crippen molar-refractivity contribution in [3.8, 4) is 0 Å². The number of nitrogens with zero attached hydrogens (tertiary/aromatic N) is 1. The number of ether oxygens (including phenoxy) is 1. The summed E-state index contributed by atoms with van der Waals surface area (Å²) < 4.78 is 5.15. The second kappa shape index (κ2) is 5.45. The lowest BCUT2D eigenvalue weighted by Crippen LogP contribution is -2.23. The van der Waals surface area contributed by atoms with Gasteiger partial charge in [-0.1, -0.05) is 19.6 Å². The van der Waals surface area contributed by atoms with Gasteiger partial charge in [-0.25, -0.2) is 4.98 Å². The Morgan fingerprint density at radius 3 is 2.75 bits per heavy atom. The largest absolute Gasteiger partial charge is 0.466 e. The molecule has 0 amide bonds. The van der Waals surface area contributed by atoms with Crippen molar-refractivity contribution in [3.63, 3.8) is 0 Å². The number of anilines is 1. The van der Waals surface area contributed by atoms with E-state index in [4.69, 9.17) is 10.5 Å². The Balaban J connectivity index is 2.26. The fourth-order valence-electron chi connectivity index (χ4n) is 1.07. The molecule has 0 aliphatic heterocycles. The van der Waals surface area contributed by atoms with E-state index >= 15 is 0 Å². The summed E-state index contributed by atoms with van der Waals surface area (Å²) in [5.74, 6) is -0.219. The van der Waals surface area contributed by atoms with Gasteiger partial charge in [-0.3, -0.25) is 4.79 Å². The Hall–Kier alpha value is -0.883. The van der Waals surface area contributed by atoms with Crippen LogP contribution in [-0.2, 0) is 16.0 Å². The molecule has 4 nitrogen and oxygen atoms in total. The molecule has 0 aliphatic rings. The summed E-state index contributed by atoms with van der Waals surface area (Å²) in [7, 11) is -1.12. The molecule has 0 saturated heterocycles. The van der Waals surface area contributed by atoms with Crippen LogP contribution in [0.1, 0.15) is 5.69 Å². The van der Waals surface area contributed by atoms with E-state index in [1.165, 1.54) is 11.3 Å². The average molecular weight is 258 g/mol. The van der Waals surface area contributed by atoms with Crippen molar-refractivity contribution in [1.82, 2.24) is 4.98 Å². The molecule has 0 unspecified atom stereocenters. The van der Waals surface area contributed by atoms with Crippen LogP contribution in [0.3, 0.4) is 0 Å². The van der Waals surface area contributed by atoms with E-state index in [9.17, 15) is 4.79 Å². The number of aromatic nitrogens is 1. The highest BCUT2D eigenvalue weighted by Gasteiger charge is 2.14. The lowest BCUT2D eigenvalue weighted by molar-refractivity contribution is -0.142. The van der Waals surface area contributed by atoms with Crippen molar-refractivity contribution in [3.05, 3.63) is 11.1 Å². The summed E-state index contributed by atoms with van der Waals surface area (Å²) in [4.78, 5) is 15.4. The molecule has 1 rings (SSSR count). The summed E-state index contributed by atoms with van der Waals surface area (Å²) in [6.45, 7) is 7.28. The number of hydrogen-bond donors (Lipinski definition) is 1. The fraction of sp³-hybridized carbons (Fsp3) is 0.600. The first kappa shape index (κ1) is 13.2. The number of nitrogens with two attached hydrogens (primary N) is 1. The molecule has 1 heterocycles. The fourth-order valence-corrected chi connectivity index (χ4v) is 2.35. The highest BCUT2D eigenvalue weighted by atomic mass is 32.1. The van der Waals surface area contributed by atoms with Gasteiger partial charge in [0.2, 0.25) is 0 Å². The zero-order valence-electron chi connectivity index (χ0n) is 9.95. The van der Waals surface area contributed by atoms with Crippen LogP contribution in [0, 0.1) is 0 Å². The number of esters is 1. The summed E-state index contributed by atoms with van der Waals surface area (Å²) in [5, 5.41) is 2.28. The third-order valence-electron chi connectivity index (χ3n) is 2.01. The normalized spacial score (nSPS) is 11.4. The molecule has 0 radical (unpaired) electrons. The maximum Gasteiger partial charge on any atom is 0.311 e. The van der Waals surface area contributed by atoms with Gasteiger partial charge in [0.15, 0.2) is 5.13 Å². The van der Waals surface area contributed by atoms with Gasteiger partial charge >= 0.3 is 5.97 Å². The minimum Gasteiger partial charge on any atom is -0.466 e. The molecule has 2 N–H and O–H groups in total. The van der Waals surface area contributed by atoms with Crippen molar-refractivity contribution in [2.75, 3.05) is 12.3 Å². The van der Waals surface area contributed by atoms with Crippen LogP contribution in [0.5, 0.6) is 0 Å². The standard InChI is InChI=1S/C10H18N2O2SSi/c1-16(2,3)5-4-14-9(13)6-8-7-15-10(11)12-8/h7H,4-6H2,1-3H3,(H2,11,12). The second-order valence-electron chi connectivity index (χ2n) is 4.88. The zero-order valence-corrected chi connectivity index (χ0v) is 11.8. The molecule has 0 saturated carbocycles. The molecule has 0 spiro atoms. The van der Waals surface area contributed by atoms with Gasteiger partial charge in [-0.05, 0) is 6.04 Å². The van der Waals surface area contributed by atoms with Gasteiger partial charge < -0.3 is 10.5 Å². The quantitative estimate of drug-likeness (QED) is 0.649. The molecule has 1 aromatic rings. The smallest absolute Gasteiger partial charge is 0.311 e. The highest BCUT2D eigenvalue weighted by molar-refractivity contribution is 7.13. The molecule has 0 aliphatic carbocycles. The highest BCUT2D eigenvalue weighted by Crippen LogP contribution is 2.12. The Morgan fingerprint density at radius 1 is 1.56 bits per heavy atom. The lowest BCUT2D eigenvalue weighted by Gasteiger charge is -2.14. The molecular formula is C10H18N2O2SSi. The van der Waals surface area contributed by atoms with Gasteiger partial charge in [0.05, 0.1) is 18.7 Å². The first-order valence-electron chi connectivity index (χ1n) is 5.22. The molecule has 0 atom stereocenters. The van der Waals surface area contributed by atoms with Crippen molar-refractivity contribution < 1.29 is 9.53 Å². The minimum atomic E-state index is -1.12. The van der Waals surface area contributed by atoms with Crippen LogP contribution in [0.4, 0.5) is 5.13 Å². The SMILES string of the molecule is C[Si](C)(C)CCOC(=O)Cc1csc(N)n1. The number of nitrogen functional groups attached to an aromatic ring is 1. The first-order valence-corrected chi connectivity index (χ1v) is 9.81. The molecule has 0 bridgehead atoms. The van der Waals surface area contributed by atoms with E-state index in [0.29, 0.717) is 17.4 Å². The van der Waals surface area contributed by atoms with Crippen molar-refractivity contribution in [1.29, 1.82) is 0 Å². The zero-order chi connectivity index (χ0) is 12.2. The van der Waals surface area contributed by atoms with E-state index in [1.807, 2.05) is 0 Å². The Bertz CT molecular complexity index is 360. The third-order valence-corrected chi connectivity index (χ3v) is 4.44. The van der Waals surface area contributed by atoms with Gasteiger partial charge in [-0.15, -0.1) is 11.3 Å². The number of carbonyl (C=O) groups excluding carboxylic acids is 1. The summed E-state index contributed by atoms with van der Waals surface area (Å²) in [6, 6.07) is 0.998. The Kier molecular flexibility index (Phi) is 4.49. The van der Waals surface area contributed by atoms with Gasteiger partial charge in [0.1, 0.15) is 0 Å².